The number of sulfonamides is 1. The van der Waals surface area contributed by atoms with Crippen molar-refractivity contribution in [2.75, 3.05) is 7.11 Å². The van der Waals surface area contributed by atoms with Gasteiger partial charge in [0.05, 0.1) is 22.7 Å². The molecule has 0 fully saturated rings. The van der Waals surface area contributed by atoms with Crippen molar-refractivity contribution in [1.82, 2.24) is 9.71 Å². The van der Waals surface area contributed by atoms with Crippen molar-refractivity contribution in [2.24, 2.45) is 0 Å². The molecule has 0 unspecified atom stereocenters. The van der Waals surface area contributed by atoms with Crippen LogP contribution >= 0.6 is 22.9 Å². The third-order valence-corrected chi connectivity index (χ3v) is 5.95. The molecule has 0 aliphatic rings. The van der Waals surface area contributed by atoms with Gasteiger partial charge in [-0.25, -0.2) is 13.1 Å². The molecular formula is C17H15ClN2O3S2. The molecule has 0 saturated heterocycles. The number of thiophene rings is 1. The molecule has 0 atom stereocenters. The van der Waals surface area contributed by atoms with Gasteiger partial charge in [0.15, 0.2) is 0 Å². The third kappa shape index (κ3) is 4.01. The van der Waals surface area contributed by atoms with E-state index in [0.29, 0.717) is 5.75 Å². The predicted molar refractivity (Wildman–Crippen MR) is 99.6 cm³/mol. The summed E-state index contributed by atoms with van der Waals surface area (Å²) in [6.07, 6.45) is 1.69. The topological polar surface area (TPSA) is 68.3 Å². The minimum Gasteiger partial charge on any atom is -0.495 e. The second-order valence-electron chi connectivity index (χ2n) is 5.14. The number of hydrogen-bond donors (Lipinski definition) is 1. The molecule has 3 aromatic rings. The summed E-state index contributed by atoms with van der Waals surface area (Å²) in [7, 11) is -2.23. The average molecular weight is 395 g/mol. The lowest BCUT2D eigenvalue weighted by atomic mass is 10.1. The number of pyridine rings is 1. The Kier molecular flexibility index (Phi) is 5.39. The summed E-state index contributed by atoms with van der Waals surface area (Å²) in [6.45, 7) is 0.130. The second-order valence-corrected chi connectivity index (χ2v) is 8.10. The van der Waals surface area contributed by atoms with Crippen LogP contribution < -0.4 is 9.46 Å². The number of halogens is 1. The lowest BCUT2D eigenvalue weighted by Gasteiger charge is -2.11. The molecule has 0 saturated carbocycles. The molecule has 1 aromatic carbocycles. The van der Waals surface area contributed by atoms with Gasteiger partial charge in [0.2, 0.25) is 10.0 Å². The van der Waals surface area contributed by atoms with Gasteiger partial charge in [-0.2, -0.15) is 11.3 Å². The minimum atomic E-state index is -3.71. The summed E-state index contributed by atoms with van der Waals surface area (Å²) < 4.78 is 32.7. The Bertz CT molecular complexity index is 973. The van der Waals surface area contributed by atoms with E-state index in [2.05, 4.69) is 9.71 Å². The maximum absolute atomic E-state index is 12.5. The summed E-state index contributed by atoms with van der Waals surface area (Å²) in [4.78, 5) is 4.45. The van der Waals surface area contributed by atoms with Crippen LogP contribution in [0.2, 0.25) is 5.02 Å². The van der Waals surface area contributed by atoms with E-state index in [1.165, 1.54) is 25.3 Å². The minimum absolute atomic E-state index is 0.0827. The second kappa shape index (κ2) is 7.53. The van der Waals surface area contributed by atoms with Crippen LogP contribution in [0.1, 0.15) is 5.56 Å². The first-order chi connectivity index (χ1) is 12.0. The monoisotopic (exact) mass is 394 g/mol. The van der Waals surface area contributed by atoms with Gasteiger partial charge in [0.1, 0.15) is 5.75 Å². The lowest BCUT2D eigenvalue weighted by Crippen LogP contribution is -2.23. The van der Waals surface area contributed by atoms with E-state index in [0.717, 1.165) is 16.8 Å². The molecule has 0 aliphatic heterocycles. The molecule has 2 aromatic heterocycles. The number of benzene rings is 1. The van der Waals surface area contributed by atoms with E-state index in [-0.39, 0.29) is 16.5 Å². The quantitative estimate of drug-likeness (QED) is 0.687. The van der Waals surface area contributed by atoms with Crippen LogP contribution in [0.3, 0.4) is 0 Å². The molecule has 0 spiro atoms. The van der Waals surface area contributed by atoms with Crippen LogP contribution in [-0.4, -0.2) is 20.5 Å². The van der Waals surface area contributed by atoms with E-state index in [9.17, 15) is 8.42 Å². The molecule has 5 nitrogen and oxygen atoms in total. The van der Waals surface area contributed by atoms with Crippen LogP contribution in [0, 0.1) is 0 Å². The Morgan fingerprint density at radius 3 is 2.80 bits per heavy atom. The van der Waals surface area contributed by atoms with Gasteiger partial charge in [-0.1, -0.05) is 17.7 Å². The Balaban J connectivity index is 1.83. The summed E-state index contributed by atoms with van der Waals surface area (Å²) in [6, 6.07) is 9.93. The summed E-state index contributed by atoms with van der Waals surface area (Å²) in [5.74, 6) is 0.424. The fourth-order valence-electron chi connectivity index (χ4n) is 2.31. The first kappa shape index (κ1) is 17.9. The smallest absolute Gasteiger partial charge is 0.240 e. The average Bonchev–Trinajstić information content (AvgIpc) is 3.14. The molecule has 8 heteroatoms. The summed E-state index contributed by atoms with van der Waals surface area (Å²) in [5.41, 5.74) is 2.52. The zero-order valence-corrected chi connectivity index (χ0v) is 15.7. The predicted octanol–water partition coefficient (Wildman–Crippen LogP) is 3.95. The number of hydrogen-bond acceptors (Lipinski definition) is 5. The van der Waals surface area contributed by atoms with Crippen molar-refractivity contribution < 1.29 is 13.2 Å². The van der Waals surface area contributed by atoms with Gasteiger partial charge in [0, 0.05) is 23.7 Å². The van der Waals surface area contributed by atoms with E-state index in [1.807, 2.05) is 22.9 Å². The zero-order chi connectivity index (χ0) is 17.9. The van der Waals surface area contributed by atoms with Gasteiger partial charge in [-0.3, -0.25) is 4.98 Å². The van der Waals surface area contributed by atoms with Crippen molar-refractivity contribution >= 4 is 33.0 Å². The largest absolute Gasteiger partial charge is 0.495 e. The van der Waals surface area contributed by atoms with Gasteiger partial charge in [-0.15, -0.1) is 0 Å². The lowest BCUT2D eigenvalue weighted by molar-refractivity contribution is 0.414. The molecule has 0 amide bonds. The summed E-state index contributed by atoms with van der Waals surface area (Å²) in [5, 5.41) is 4.17. The Labute approximate surface area is 155 Å². The normalized spacial score (nSPS) is 11.4. The Hall–Kier alpha value is -1.93. The first-order valence-corrected chi connectivity index (χ1v) is 10.1. The Morgan fingerprint density at radius 2 is 2.12 bits per heavy atom. The highest BCUT2D eigenvalue weighted by Crippen LogP contribution is 2.27. The van der Waals surface area contributed by atoms with Crippen molar-refractivity contribution in [1.29, 1.82) is 0 Å². The van der Waals surface area contributed by atoms with Crippen molar-refractivity contribution in [3.8, 4) is 17.0 Å². The molecule has 0 bridgehead atoms. The SMILES string of the molecule is COc1ccc(S(=O)(=O)NCc2cccnc2-c2ccsc2)cc1Cl. The maximum Gasteiger partial charge on any atom is 0.240 e. The van der Waals surface area contributed by atoms with E-state index < -0.39 is 10.0 Å². The molecule has 1 N–H and O–H groups in total. The number of methoxy groups -OCH3 is 1. The van der Waals surface area contributed by atoms with Crippen LogP contribution in [0.4, 0.5) is 0 Å². The molecule has 25 heavy (non-hydrogen) atoms. The van der Waals surface area contributed by atoms with Crippen molar-refractivity contribution in [2.45, 2.75) is 11.4 Å². The van der Waals surface area contributed by atoms with Crippen LogP contribution in [0.25, 0.3) is 11.3 Å². The van der Waals surface area contributed by atoms with Gasteiger partial charge in [0.25, 0.3) is 0 Å². The Morgan fingerprint density at radius 1 is 1.28 bits per heavy atom. The van der Waals surface area contributed by atoms with E-state index in [4.69, 9.17) is 16.3 Å². The number of ether oxygens (including phenoxy) is 1. The van der Waals surface area contributed by atoms with Crippen molar-refractivity contribution in [3.63, 3.8) is 0 Å². The van der Waals surface area contributed by atoms with Crippen LogP contribution in [0.15, 0.2) is 58.3 Å². The van der Waals surface area contributed by atoms with E-state index >= 15 is 0 Å². The molecule has 2 heterocycles. The van der Waals surface area contributed by atoms with Gasteiger partial charge >= 0.3 is 0 Å². The number of nitrogens with zero attached hydrogens (tertiary/aromatic N) is 1. The zero-order valence-electron chi connectivity index (χ0n) is 13.3. The molecule has 0 aliphatic carbocycles. The highest BCUT2D eigenvalue weighted by molar-refractivity contribution is 7.89. The standard InChI is InChI=1S/C17H15ClN2O3S2/c1-23-16-5-4-14(9-15(16)18)25(21,22)20-10-12-3-2-7-19-17(12)13-6-8-24-11-13/h2-9,11,20H,10H2,1H3. The molecule has 130 valence electrons. The molecule has 3 rings (SSSR count). The fourth-order valence-corrected chi connectivity index (χ4v) is 4.31. The number of aromatic nitrogens is 1. The molecular weight excluding hydrogens is 380 g/mol. The first-order valence-electron chi connectivity index (χ1n) is 7.31. The number of nitrogens with one attached hydrogen (secondary N) is 1. The highest BCUT2D eigenvalue weighted by atomic mass is 35.5. The van der Waals surface area contributed by atoms with Gasteiger partial charge < -0.3 is 4.74 Å². The van der Waals surface area contributed by atoms with Gasteiger partial charge in [-0.05, 0) is 41.3 Å². The summed E-state index contributed by atoms with van der Waals surface area (Å²) >= 11 is 7.58. The van der Waals surface area contributed by atoms with E-state index in [1.54, 1.807) is 23.6 Å². The highest BCUT2D eigenvalue weighted by Gasteiger charge is 2.17. The fraction of sp³-hybridized carbons (Fsp3) is 0.118. The van der Waals surface area contributed by atoms with Crippen LogP contribution in [-0.2, 0) is 16.6 Å². The maximum atomic E-state index is 12.5. The van der Waals surface area contributed by atoms with Crippen LogP contribution in [0.5, 0.6) is 5.75 Å². The number of rotatable bonds is 6. The third-order valence-electron chi connectivity index (χ3n) is 3.57. The molecule has 0 radical (unpaired) electrons. The van der Waals surface area contributed by atoms with Crippen molar-refractivity contribution in [3.05, 3.63) is 63.9 Å².